The fraction of sp³-hybridized carbons (Fsp3) is 0.750. The van der Waals surface area contributed by atoms with E-state index in [9.17, 15) is 0 Å². The van der Waals surface area contributed by atoms with Crippen LogP contribution in [0.1, 0.15) is 63.5 Å². The summed E-state index contributed by atoms with van der Waals surface area (Å²) in [6, 6.07) is 0.530. The van der Waals surface area contributed by atoms with Gasteiger partial charge in [-0.3, -0.25) is 4.68 Å². The molecule has 2 unspecified atom stereocenters. The van der Waals surface area contributed by atoms with Crippen LogP contribution < -0.4 is 0 Å². The fourth-order valence-electron chi connectivity index (χ4n) is 3.93. The smallest absolute Gasteiger partial charge is 0.158 e. The molecule has 1 aliphatic rings. The Morgan fingerprint density at radius 3 is 2.67 bits per heavy atom. The lowest BCUT2D eigenvalue weighted by Crippen LogP contribution is -2.25. The summed E-state index contributed by atoms with van der Waals surface area (Å²) in [5.74, 6) is 2.22. The highest BCUT2D eigenvalue weighted by Crippen LogP contribution is 2.39. The lowest BCUT2D eigenvalue weighted by Gasteiger charge is -2.33. The van der Waals surface area contributed by atoms with E-state index in [2.05, 4.69) is 23.5 Å². The molecule has 4 nitrogen and oxygen atoms in total. The lowest BCUT2D eigenvalue weighted by molar-refractivity contribution is 0.232. The molecular formula is C16H25ClN4. The molecule has 1 aliphatic carbocycles. The van der Waals surface area contributed by atoms with Gasteiger partial charge in [0.1, 0.15) is 11.3 Å². The summed E-state index contributed by atoms with van der Waals surface area (Å²) in [5.41, 5.74) is 3.30. The number of hydrogen-bond acceptors (Lipinski definition) is 2. The molecule has 1 fully saturated rings. The van der Waals surface area contributed by atoms with E-state index in [1.54, 1.807) is 0 Å². The molecule has 0 bridgehead atoms. The van der Waals surface area contributed by atoms with Crippen LogP contribution in [0.4, 0.5) is 0 Å². The first-order valence-corrected chi connectivity index (χ1v) is 8.73. The summed E-state index contributed by atoms with van der Waals surface area (Å²) >= 11 is 6.21. The van der Waals surface area contributed by atoms with Gasteiger partial charge in [-0.1, -0.05) is 33.1 Å². The van der Waals surface area contributed by atoms with Crippen LogP contribution in [0, 0.1) is 5.92 Å². The highest BCUT2D eigenvalue weighted by molar-refractivity contribution is 6.16. The Hall–Kier alpha value is -1.03. The standard InChI is InChI=1S/C16H25ClN4/c1-4-11-8-6-7-9-13(11)21-14(10-17)18-15-12(5-2)19-20(3)16(15)21/h11,13H,4-10H2,1-3H3. The Balaban J connectivity index is 2.17. The molecule has 0 amide bonds. The predicted octanol–water partition coefficient (Wildman–Crippen LogP) is 4.21. The number of rotatable bonds is 4. The van der Waals surface area contributed by atoms with Gasteiger partial charge in [0, 0.05) is 13.1 Å². The van der Waals surface area contributed by atoms with Gasteiger partial charge in [0.2, 0.25) is 0 Å². The minimum atomic E-state index is 0.477. The van der Waals surface area contributed by atoms with Crippen molar-refractivity contribution < 1.29 is 0 Å². The van der Waals surface area contributed by atoms with Crippen LogP contribution >= 0.6 is 11.6 Å². The quantitative estimate of drug-likeness (QED) is 0.793. The van der Waals surface area contributed by atoms with Gasteiger partial charge in [-0.2, -0.15) is 5.10 Å². The number of aromatic nitrogens is 4. The Morgan fingerprint density at radius 2 is 2.00 bits per heavy atom. The van der Waals surface area contributed by atoms with Crippen LogP contribution in [-0.2, 0) is 19.3 Å². The summed E-state index contributed by atoms with van der Waals surface area (Å²) in [6.07, 6.45) is 7.36. The largest absolute Gasteiger partial charge is 0.308 e. The van der Waals surface area contributed by atoms with Crippen molar-refractivity contribution in [1.29, 1.82) is 0 Å². The second-order valence-corrected chi connectivity index (χ2v) is 6.42. The topological polar surface area (TPSA) is 35.6 Å². The van der Waals surface area contributed by atoms with Crippen molar-refractivity contribution in [3.8, 4) is 0 Å². The third kappa shape index (κ3) is 2.37. The summed E-state index contributed by atoms with van der Waals surface area (Å²) in [4.78, 5) is 4.81. The first kappa shape index (κ1) is 14.9. The molecule has 0 aromatic carbocycles. The van der Waals surface area contributed by atoms with E-state index >= 15 is 0 Å². The number of imidazole rings is 1. The molecule has 5 heteroatoms. The Kier molecular flexibility index (Phi) is 4.25. The van der Waals surface area contributed by atoms with Crippen LogP contribution in [0.15, 0.2) is 0 Å². The minimum Gasteiger partial charge on any atom is -0.308 e. The molecule has 2 aromatic heterocycles. The number of nitrogens with zero attached hydrogens (tertiary/aromatic N) is 4. The average molecular weight is 309 g/mol. The molecule has 0 aliphatic heterocycles. The van der Waals surface area contributed by atoms with Crippen LogP contribution in [0.2, 0.25) is 0 Å². The van der Waals surface area contributed by atoms with E-state index in [1.165, 1.54) is 32.1 Å². The summed E-state index contributed by atoms with van der Waals surface area (Å²) in [7, 11) is 2.03. The highest BCUT2D eigenvalue weighted by Gasteiger charge is 2.30. The van der Waals surface area contributed by atoms with Gasteiger partial charge in [-0.05, 0) is 25.2 Å². The van der Waals surface area contributed by atoms with Crippen LogP contribution in [0.25, 0.3) is 11.2 Å². The Morgan fingerprint density at radius 1 is 1.24 bits per heavy atom. The number of aryl methyl sites for hydroxylation is 2. The van der Waals surface area contributed by atoms with Crippen molar-refractivity contribution in [1.82, 2.24) is 19.3 Å². The maximum Gasteiger partial charge on any atom is 0.158 e. The fourth-order valence-corrected chi connectivity index (χ4v) is 4.12. The van der Waals surface area contributed by atoms with Gasteiger partial charge in [0.05, 0.1) is 11.6 Å². The molecule has 0 saturated heterocycles. The molecule has 116 valence electrons. The monoisotopic (exact) mass is 308 g/mol. The van der Waals surface area contributed by atoms with Crippen molar-refractivity contribution in [2.24, 2.45) is 13.0 Å². The number of alkyl halides is 1. The van der Waals surface area contributed by atoms with Crippen LogP contribution in [0.3, 0.4) is 0 Å². The third-order valence-electron chi connectivity index (χ3n) is 4.99. The zero-order chi connectivity index (χ0) is 15.0. The van der Waals surface area contributed by atoms with Gasteiger partial charge >= 0.3 is 0 Å². The number of hydrogen-bond donors (Lipinski definition) is 0. The maximum atomic E-state index is 6.21. The lowest BCUT2D eigenvalue weighted by atomic mass is 9.82. The normalized spacial score (nSPS) is 23.0. The van der Waals surface area contributed by atoms with Crippen molar-refractivity contribution in [2.75, 3.05) is 0 Å². The van der Waals surface area contributed by atoms with E-state index in [-0.39, 0.29) is 0 Å². The molecule has 0 radical (unpaired) electrons. The van der Waals surface area contributed by atoms with Gasteiger partial charge in [0.25, 0.3) is 0 Å². The third-order valence-corrected chi connectivity index (χ3v) is 5.23. The molecule has 1 saturated carbocycles. The van der Waals surface area contributed by atoms with Gasteiger partial charge < -0.3 is 4.57 Å². The molecule has 21 heavy (non-hydrogen) atoms. The Bertz CT molecular complexity index is 628. The van der Waals surface area contributed by atoms with E-state index in [4.69, 9.17) is 16.6 Å². The molecule has 0 N–H and O–H groups in total. The number of halogens is 1. The molecule has 2 atom stereocenters. The highest BCUT2D eigenvalue weighted by atomic mass is 35.5. The molecule has 0 spiro atoms. The van der Waals surface area contributed by atoms with Crippen molar-refractivity contribution in [2.45, 2.75) is 64.3 Å². The molecular weight excluding hydrogens is 284 g/mol. The zero-order valence-corrected chi connectivity index (χ0v) is 14.0. The van der Waals surface area contributed by atoms with E-state index in [0.717, 1.165) is 35.0 Å². The van der Waals surface area contributed by atoms with Crippen LogP contribution in [0.5, 0.6) is 0 Å². The second-order valence-electron chi connectivity index (χ2n) is 6.15. The van der Waals surface area contributed by atoms with E-state index < -0.39 is 0 Å². The zero-order valence-electron chi connectivity index (χ0n) is 13.3. The summed E-state index contributed by atoms with van der Waals surface area (Å²) in [6.45, 7) is 4.44. The van der Waals surface area contributed by atoms with E-state index in [0.29, 0.717) is 11.9 Å². The Labute approximate surface area is 131 Å². The molecule has 2 aromatic rings. The SMILES string of the molecule is CCc1nn(C)c2c1nc(CCl)n2C1CCCCC1CC. The maximum absolute atomic E-state index is 6.21. The van der Waals surface area contributed by atoms with Crippen molar-refractivity contribution in [3.05, 3.63) is 11.5 Å². The van der Waals surface area contributed by atoms with Gasteiger partial charge in [-0.25, -0.2) is 4.98 Å². The second kappa shape index (κ2) is 5.99. The number of fused-ring (bicyclic) bond motifs is 1. The first-order chi connectivity index (χ1) is 10.2. The first-order valence-electron chi connectivity index (χ1n) is 8.19. The minimum absolute atomic E-state index is 0.477. The van der Waals surface area contributed by atoms with Gasteiger partial charge in [0.15, 0.2) is 5.65 Å². The summed E-state index contributed by atoms with van der Waals surface area (Å²) in [5, 5.41) is 4.64. The molecule has 2 heterocycles. The predicted molar refractivity (Wildman–Crippen MR) is 86.7 cm³/mol. The van der Waals surface area contributed by atoms with Crippen molar-refractivity contribution in [3.63, 3.8) is 0 Å². The van der Waals surface area contributed by atoms with Crippen molar-refractivity contribution >= 4 is 22.8 Å². The average Bonchev–Trinajstić information content (AvgIpc) is 3.04. The van der Waals surface area contributed by atoms with Gasteiger partial charge in [-0.15, -0.1) is 11.6 Å². The van der Waals surface area contributed by atoms with E-state index in [1.807, 2.05) is 11.7 Å². The summed E-state index contributed by atoms with van der Waals surface area (Å²) < 4.78 is 4.40. The van der Waals surface area contributed by atoms with Crippen LogP contribution in [-0.4, -0.2) is 19.3 Å². The molecule has 3 rings (SSSR count).